The highest BCUT2D eigenvalue weighted by atomic mass is 32.2. The molecule has 0 aliphatic heterocycles. The van der Waals surface area contributed by atoms with Crippen LogP contribution < -0.4 is 15.2 Å². The number of rotatable bonds is 7. The molecule has 0 aromatic heterocycles. The minimum absolute atomic E-state index is 0.122. The Morgan fingerprint density at radius 2 is 2.22 bits per heavy atom. The van der Waals surface area contributed by atoms with Crippen LogP contribution in [0.15, 0.2) is 24.3 Å². The number of benzene rings is 1. The maximum atomic E-state index is 11.6. The maximum absolute atomic E-state index is 11.6. The van der Waals surface area contributed by atoms with E-state index < -0.39 is 10.2 Å². The molecule has 5 N–H and O–H groups in total. The highest BCUT2D eigenvalue weighted by molar-refractivity contribution is 7.90. The van der Waals surface area contributed by atoms with Crippen molar-refractivity contribution >= 4 is 21.7 Å². The van der Waals surface area contributed by atoms with Gasteiger partial charge in [-0.3, -0.25) is 10.1 Å². The van der Waals surface area contributed by atoms with Crippen LogP contribution in [0.25, 0.3) is 0 Å². The third kappa shape index (κ3) is 4.70. The molecule has 7 nitrogen and oxygen atoms in total. The second kappa shape index (κ2) is 6.34. The van der Waals surface area contributed by atoms with Crippen molar-refractivity contribution < 1.29 is 13.2 Å². The Bertz CT molecular complexity index is 516. The fraction of sp³-hybridized carbons (Fsp3) is 0.300. The van der Waals surface area contributed by atoms with Gasteiger partial charge in [0.05, 0.1) is 12.3 Å². The molecule has 18 heavy (non-hydrogen) atoms. The molecule has 0 radical (unpaired) electrons. The first kappa shape index (κ1) is 14.4. The molecule has 8 heteroatoms. The van der Waals surface area contributed by atoms with E-state index in [1.807, 2.05) is 0 Å². The highest BCUT2D eigenvalue weighted by Gasteiger charge is 2.09. The van der Waals surface area contributed by atoms with Crippen LogP contribution in [0, 0.1) is 5.41 Å². The van der Waals surface area contributed by atoms with E-state index in [0.717, 1.165) is 0 Å². The number of anilines is 1. The molecule has 100 valence electrons. The lowest BCUT2D eigenvalue weighted by atomic mass is 10.2. The SMILES string of the molecule is COCCNS(=O)(=O)Nc1cccc(C(=N)N)c1. The normalized spacial score (nSPS) is 11.2. The van der Waals surface area contributed by atoms with E-state index in [9.17, 15) is 8.42 Å². The topological polar surface area (TPSA) is 117 Å². The molecule has 0 atom stereocenters. The van der Waals surface area contributed by atoms with Gasteiger partial charge in [-0.15, -0.1) is 0 Å². The zero-order chi connectivity index (χ0) is 13.6. The monoisotopic (exact) mass is 272 g/mol. The summed E-state index contributed by atoms with van der Waals surface area (Å²) >= 11 is 0. The van der Waals surface area contributed by atoms with Crippen molar-refractivity contribution in [1.29, 1.82) is 5.41 Å². The second-order valence-electron chi connectivity index (χ2n) is 3.49. The standard InChI is InChI=1S/C10H16N4O3S/c1-17-6-5-13-18(15,16)14-9-4-2-3-8(7-9)10(11)12/h2-4,7,13-14H,5-6H2,1H3,(H3,11,12). The van der Waals surface area contributed by atoms with Crippen molar-refractivity contribution in [3.05, 3.63) is 29.8 Å². The van der Waals surface area contributed by atoms with Crippen LogP contribution in [-0.4, -0.2) is 34.5 Å². The quantitative estimate of drug-likeness (QED) is 0.314. The predicted octanol–water partition coefficient (Wildman–Crippen LogP) is -0.137. The van der Waals surface area contributed by atoms with E-state index in [0.29, 0.717) is 11.3 Å². The van der Waals surface area contributed by atoms with Crippen LogP contribution >= 0.6 is 0 Å². The van der Waals surface area contributed by atoms with Gasteiger partial charge in [0.25, 0.3) is 10.2 Å². The van der Waals surface area contributed by atoms with Gasteiger partial charge < -0.3 is 10.5 Å². The minimum atomic E-state index is -3.64. The summed E-state index contributed by atoms with van der Waals surface area (Å²) in [5, 5.41) is 7.27. The number of nitrogens with one attached hydrogen (secondary N) is 3. The summed E-state index contributed by atoms with van der Waals surface area (Å²) in [6.45, 7) is 0.465. The van der Waals surface area contributed by atoms with Crippen LogP contribution in [0.2, 0.25) is 0 Å². The summed E-state index contributed by atoms with van der Waals surface area (Å²) in [6, 6.07) is 6.29. The van der Waals surface area contributed by atoms with E-state index in [-0.39, 0.29) is 19.0 Å². The van der Waals surface area contributed by atoms with E-state index >= 15 is 0 Å². The molecular weight excluding hydrogens is 256 g/mol. The first-order valence-corrected chi connectivity index (χ1v) is 6.64. The molecule has 0 aliphatic rings. The van der Waals surface area contributed by atoms with Crippen molar-refractivity contribution in [3.63, 3.8) is 0 Å². The Hall–Kier alpha value is -1.64. The van der Waals surface area contributed by atoms with Gasteiger partial charge in [0.15, 0.2) is 0 Å². The summed E-state index contributed by atoms with van der Waals surface area (Å²) in [7, 11) is -2.16. The van der Waals surface area contributed by atoms with E-state index in [1.165, 1.54) is 13.2 Å². The molecule has 0 amide bonds. The number of ether oxygens (including phenoxy) is 1. The molecule has 0 fully saturated rings. The Balaban J connectivity index is 2.72. The number of nitrogen functional groups attached to an aromatic ring is 1. The van der Waals surface area contributed by atoms with Crippen LogP contribution in [-0.2, 0) is 14.9 Å². The smallest absolute Gasteiger partial charge is 0.299 e. The lowest BCUT2D eigenvalue weighted by molar-refractivity contribution is 0.204. The zero-order valence-electron chi connectivity index (χ0n) is 9.93. The van der Waals surface area contributed by atoms with Gasteiger partial charge in [-0.1, -0.05) is 12.1 Å². The Labute approximate surface area is 106 Å². The van der Waals surface area contributed by atoms with Crippen molar-refractivity contribution in [2.24, 2.45) is 5.73 Å². The lowest BCUT2D eigenvalue weighted by Gasteiger charge is -2.09. The number of hydrogen-bond acceptors (Lipinski definition) is 4. The summed E-state index contributed by atoms with van der Waals surface area (Å²) in [6.07, 6.45) is 0. The molecule has 0 aliphatic carbocycles. The number of methoxy groups -OCH3 is 1. The average molecular weight is 272 g/mol. The lowest BCUT2D eigenvalue weighted by Crippen LogP contribution is -2.32. The Kier molecular flexibility index (Phi) is 5.08. The molecule has 0 spiro atoms. The highest BCUT2D eigenvalue weighted by Crippen LogP contribution is 2.11. The summed E-state index contributed by atoms with van der Waals surface area (Å²) in [5.74, 6) is -0.122. The fourth-order valence-corrected chi connectivity index (χ4v) is 2.08. The second-order valence-corrected chi connectivity index (χ2v) is 4.99. The zero-order valence-corrected chi connectivity index (χ0v) is 10.8. The van der Waals surface area contributed by atoms with E-state index in [4.69, 9.17) is 15.9 Å². The molecule has 0 unspecified atom stereocenters. The molecular formula is C10H16N4O3S. The summed E-state index contributed by atoms with van der Waals surface area (Å²) in [4.78, 5) is 0. The molecule has 0 saturated carbocycles. The molecule has 0 bridgehead atoms. The third-order valence-corrected chi connectivity index (χ3v) is 3.11. The number of amidine groups is 1. The van der Waals surface area contributed by atoms with Crippen molar-refractivity contribution in [1.82, 2.24) is 4.72 Å². The minimum Gasteiger partial charge on any atom is -0.384 e. The summed E-state index contributed by atoms with van der Waals surface area (Å²) < 4.78 is 32.6. The molecule has 1 rings (SSSR count). The first-order chi connectivity index (χ1) is 8.44. The molecule has 0 saturated heterocycles. The van der Waals surface area contributed by atoms with Crippen molar-refractivity contribution in [2.75, 3.05) is 25.0 Å². The third-order valence-electron chi connectivity index (χ3n) is 2.02. The maximum Gasteiger partial charge on any atom is 0.299 e. The van der Waals surface area contributed by atoms with Gasteiger partial charge in [-0.25, -0.2) is 0 Å². The summed E-state index contributed by atoms with van der Waals surface area (Å²) in [5.41, 5.74) is 6.11. The van der Waals surface area contributed by atoms with Crippen LogP contribution in [0.3, 0.4) is 0 Å². The fourth-order valence-electron chi connectivity index (χ4n) is 1.22. The van der Waals surface area contributed by atoms with Crippen molar-refractivity contribution in [3.8, 4) is 0 Å². The molecule has 0 heterocycles. The Morgan fingerprint density at radius 1 is 1.50 bits per heavy atom. The molecule has 1 aromatic rings. The predicted molar refractivity (Wildman–Crippen MR) is 69.9 cm³/mol. The van der Waals surface area contributed by atoms with Gasteiger partial charge in [0.2, 0.25) is 0 Å². The van der Waals surface area contributed by atoms with Gasteiger partial charge in [0.1, 0.15) is 5.84 Å². The Morgan fingerprint density at radius 3 is 2.83 bits per heavy atom. The largest absolute Gasteiger partial charge is 0.384 e. The number of nitrogens with two attached hydrogens (primary N) is 1. The van der Waals surface area contributed by atoms with Gasteiger partial charge >= 0.3 is 0 Å². The molecule has 1 aromatic carbocycles. The van der Waals surface area contributed by atoms with Gasteiger partial charge in [-0.2, -0.15) is 13.1 Å². The van der Waals surface area contributed by atoms with Crippen LogP contribution in [0.5, 0.6) is 0 Å². The van der Waals surface area contributed by atoms with Gasteiger partial charge in [0, 0.05) is 19.2 Å². The van der Waals surface area contributed by atoms with Crippen LogP contribution in [0.4, 0.5) is 5.69 Å². The van der Waals surface area contributed by atoms with Crippen molar-refractivity contribution in [2.45, 2.75) is 0 Å². The van der Waals surface area contributed by atoms with Gasteiger partial charge in [-0.05, 0) is 12.1 Å². The average Bonchev–Trinajstić information content (AvgIpc) is 2.28. The number of hydrogen-bond donors (Lipinski definition) is 4. The van der Waals surface area contributed by atoms with E-state index in [2.05, 4.69) is 9.44 Å². The first-order valence-electron chi connectivity index (χ1n) is 5.15. The van der Waals surface area contributed by atoms with E-state index in [1.54, 1.807) is 18.2 Å². The van der Waals surface area contributed by atoms with Crippen LogP contribution in [0.1, 0.15) is 5.56 Å².